The Hall–Kier alpha value is -2.22. The van der Waals surface area contributed by atoms with Crippen molar-refractivity contribution >= 4 is 15.9 Å². The number of amides is 1. The zero-order valence-electron chi connectivity index (χ0n) is 17.2. The highest BCUT2D eigenvalue weighted by Crippen LogP contribution is 2.21. The normalized spacial score (nSPS) is 22.7. The quantitative estimate of drug-likeness (QED) is 0.732. The first-order valence-corrected chi connectivity index (χ1v) is 12.2. The fourth-order valence-electron chi connectivity index (χ4n) is 4.36. The molecule has 30 heavy (non-hydrogen) atoms. The summed E-state index contributed by atoms with van der Waals surface area (Å²) < 4.78 is 26.8. The lowest BCUT2D eigenvalue weighted by Crippen LogP contribution is -3.12. The number of nitrogens with one attached hydrogen (secondary N) is 2. The largest absolute Gasteiger partial charge is 0.349 e. The maximum Gasteiger partial charge on any atom is 0.251 e. The maximum absolute atomic E-state index is 12.6. The first-order chi connectivity index (χ1) is 14.5. The third-order valence-electron chi connectivity index (χ3n) is 6.14. The summed E-state index contributed by atoms with van der Waals surface area (Å²) in [4.78, 5) is 14.4. The van der Waals surface area contributed by atoms with E-state index >= 15 is 0 Å². The molecule has 0 spiro atoms. The van der Waals surface area contributed by atoms with Gasteiger partial charge >= 0.3 is 0 Å². The van der Waals surface area contributed by atoms with Gasteiger partial charge in [0, 0.05) is 43.1 Å². The van der Waals surface area contributed by atoms with Gasteiger partial charge in [-0.3, -0.25) is 4.79 Å². The molecule has 2 aromatic carbocycles. The van der Waals surface area contributed by atoms with Crippen molar-refractivity contribution in [2.75, 3.05) is 26.2 Å². The Labute approximate surface area is 178 Å². The van der Waals surface area contributed by atoms with Crippen molar-refractivity contribution in [3.8, 4) is 0 Å². The summed E-state index contributed by atoms with van der Waals surface area (Å²) in [7, 11) is -3.44. The van der Waals surface area contributed by atoms with E-state index in [2.05, 4.69) is 29.6 Å². The van der Waals surface area contributed by atoms with Gasteiger partial charge in [-0.25, -0.2) is 8.42 Å². The number of hydrogen-bond acceptors (Lipinski definition) is 3. The van der Waals surface area contributed by atoms with Gasteiger partial charge in [0.25, 0.3) is 5.91 Å². The Morgan fingerprint density at radius 3 is 2.23 bits per heavy atom. The molecule has 0 aliphatic carbocycles. The number of hydrogen-bond donors (Lipinski definition) is 2. The van der Waals surface area contributed by atoms with E-state index in [1.54, 1.807) is 29.2 Å². The first kappa shape index (κ1) is 21.0. The molecule has 2 fully saturated rings. The van der Waals surface area contributed by atoms with Crippen molar-refractivity contribution in [2.24, 2.45) is 0 Å². The predicted octanol–water partition coefficient (Wildman–Crippen LogP) is 1.45. The highest BCUT2D eigenvalue weighted by molar-refractivity contribution is 7.89. The van der Waals surface area contributed by atoms with Gasteiger partial charge in [0.1, 0.15) is 6.54 Å². The van der Waals surface area contributed by atoms with Crippen molar-refractivity contribution < 1.29 is 18.1 Å². The zero-order chi connectivity index (χ0) is 21.0. The first-order valence-electron chi connectivity index (χ1n) is 10.8. The number of piperidine rings is 1. The molecule has 7 heteroatoms. The molecule has 6 nitrogen and oxygen atoms in total. The highest BCUT2D eigenvalue weighted by Gasteiger charge is 2.28. The second-order valence-corrected chi connectivity index (χ2v) is 10.2. The Bertz CT molecular complexity index is 947. The van der Waals surface area contributed by atoms with Crippen LogP contribution in [0.4, 0.5) is 0 Å². The van der Waals surface area contributed by atoms with Crippen LogP contribution < -0.4 is 10.2 Å². The molecular weight excluding hydrogens is 398 g/mol. The van der Waals surface area contributed by atoms with E-state index in [4.69, 9.17) is 0 Å². The van der Waals surface area contributed by atoms with Gasteiger partial charge in [-0.15, -0.1) is 0 Å². The molecule has 0 aromatic heterocycles. The van der Waals surface area contributed by atoms with Crippen molar-refractivity contribution in [3.05, 3.63) is 65.7 Å². The molecule has 160 valence electrons. The van der Waals surface area contributed by atoms with Crippen LogP contribution in [0.3, 0.4) is 0 Å². The molecule has 0 bridgehead atoms. The average Bonchev–Trinajstić information content (AvgIpc) is 3.32. The molecule has 2 N–H and O–H groups in total. The minimum absolute atomic E-state index is 0.128. The summed E-state index contributed by atoms with van der Waals surface area (Å²) in [6, 6.07) is 17.0. The van der Waals surface area contributed by atoms with Gasteiger partial charge in [-0.1, -0.05) is 30.3 Å². The van der Waals surface area contributed by atoms with Gasteiger partial charge < -0.3 is 10.2 Å². The molecule has 2 heterocycles. The van der Waals surface area contributed by atoms with Crippen LogP contribution in [0.5, 0.6) is 0 Å². The van der Waals surface area contributed by atoms with Crippen LogP contribution >= 0.6 is 0 Å². The van der Waals surface area contributed by atoms with Gasteiger partial charge in [0.15, 0.2) is 0 Å². The summed E-state index contributed by atoms with van der Waals surface area (Å²) in [6.07, 6.45) is 3.72. The number of sulfonamides is 1. The third-order valence-corrected chi connectivity index (χ3v) is 8.06. The van der Waals surface area contributed by atoms with Crippen LogP contribution in [0.15, 0.2) is 59.5 Å². The van der Waals surface area contributed by atoms with Crippen molar-refractivity contribution in [1.82, 2.24) is 9.62 Å². The summed E-state index contributed by atoms with van der Waals surface area (Å²) in [5, 5.41) is 3.12. The van der Waals surface area contributed by atoms with E-state index in [1.807, 2.05) is 6.07 Å². The van der Waals surface area contributed by atoms with Crippen LogP contribution in [-0.4, -0.2) is 50.9 Å². The number of rotatable bonds is 6. The molecule has 2 saturated heterocycles. The lowest BCUT2D eigenvalue weighted by Gasteiger charge is -2.29. The summed E-state index contributed by atoms with van der Waals surface area (Å²) in [5.74, 6) is -0.128. The second-order valence-electron chi connectivity index (χ2n) is 8.30. The van der Waals surface area contributed by atoms with Gasteiger partial charge in [0.05, 0.1) is 18.0 Å². The van der Waals surface area contributed by atoms with E-state index in [1.165, 1.54) is 9.87 Å². The van der Waals surface area contributed by atoms with Crippen LogP contribution in [0.1, 0.15) is 41.6 Å². The summed E-state index contributed by atoms with van der Waals surface area (Å²) in [5.41, 5.74) is 1.85. The number of benzene rings is 2. The van der Waals surface area contributed by atoms with Crippen molar-refractivity contribution in [2.45, 2.75) is 43.2 Å². The number of nitrogens with zero attached hydrogens (tertiary/aromatic N) is 1. The molecule has 4 rings (SSSR count). The number of likely N-dealkylation sites (tertiary alicyclic amines) is 1. The van der Waals surface area contributed by atoms with E-state index < -0.39 is 10.0 Å². The number of quaternary nitrogens is 1. The van der Waals surface area contributed by atoms with E-state index in [9.17, 15) is 13.2 Å². The van der Waals surface area contributed by atoms with Crippen LogP contribution in [0.2, 0.25) is 0 Å². The smallest absolute Gasteiger partial charge is 0.251 e. The molecule has 0 unspecified atom stereocenters. The molecule has 1 amide bonds. The Morgan fingerprint density at radius 2 is 1.60 bits per heavy atom. The lowest BCUT2D eigenvalue weighted by molar-refractivity contribution is -0.918. The highest BCUT2D eigenvalue weighted by atomic mass is 32.2. The fourth-order valence-corrected chi connectivity index (χ4v) is 5.87. The van der Waals surface area contributed by atoms with Gasteiger partial charge in [-0.05, 0) is 37.1 Å². The van der Waals surface area contributed by atoms with Crippen LogP contribution in [-0.2, 0) is 16.6 Å². The van der Waals surface area contributed by atoms with Crippen LogP contribution in [0.25, 0.3) is 0 Å². The van der Waals surface area contributed by atoms with E-state index in [0.717, 1.165) is 45.3 Å². The van der Waals surface area contributed by atoms with Gasteiger partial charge in [0.2, 0.25) is 10.0 Å². The molecule has 0 radical (unpaired) electrons. The Balaban J connectivity index is 1.29. The van der Waals surface area contributed by atoms with Crippen molar-refractivity contribution in [3.63, 3.8) is 0 Å². The lowest BCUT2D eigenvalue weighted by atomic mass is 10.0. The summed E-state index contributed by atoms with van der Waals surface area (Å²) in [6.45, 7) is 4.25. The predicted molar refractivity (Wildman–Crippen MR) is 116 cm³/mol. The molecular formula is C23H30N3O3S+. The SMILES string of the molecule is O=C(NC1CC[NH+](Cc2ccccc2)CC1)c1ccc(S(=O)(=O)N2CCCC2)cc1. The molecule has 0 saturated carbocycles. The third kappa shape index (κ3) is 4.91. The van der Waals surface area contributed by atoms with Gasteiger partial charge in [-0.2, -0.15) is 4.31 Å². The summed E-state index contributed by atoms with van der Waals surface area (Å²) >= 11 is 0. The van der Waals surface area contributed by atoms with Crippen LogP contribution in [0, 0.1) is 0 Å². The second kappa shape index (κ2) is 9.29. The maximum atomic E-state index is 12.6. The monoisotopic (exact) mass is 428 g/mol. The minimum Gasteiger partial charge on any atom is -0.349 e. The minimum atomic E-state index is -3.44. The van der Waals surface area contributed by atoms with E-state index in [0.29, 0.717) is 18.7 Å². The Morgan fingerprint density at radius 1 is 0.967 bits per heavy atom. The topological polar surface area (TPSA) is 70.9 Å². The molecule has 2 aliphatic heterocycles. The molecule has 2 aliphatic rings. The van der Waals surface area contributed by atoms with E-state index in [-0.39, 0.29) is 16.8 Å². The molecule has 2 aromatic rings. The number of carbonyl (C=O) groups is 1. The Kier molecular flexibility index (Phi) is 6.51. The fraction of sp³-hybridized carbons (Fsp3) is 0.435. The standard InChI is InChI=1S/C23H29N3O3S/c27-23(20-8-10-22(11-9-20)30(28,29)26-14-4-5-15-26)24-21-12-16-25(17-13-21)18-19-6-2-1-3-7-19/h1-3,6-11,21H,4-5,12-18H2,(H,24,27)/p+1. The average molecular weight is 429 g/mol. The zero-order valence-corrected chi connectivity index (χ0v) is 18.0. The molecule has 0 atom stereocenters. The number of carbonyl (C=O) groups excluding carboxylic acids is 1. The van der Waals surface area contributed by atoms with Crippen molar-refractivity contribution in [1.29, 1.82) is 0 Å².